The van der Waals surface area contributed by atoms with Crippen LogP contribution in [0.25, 0.3) is 11.1 Å². The van der Waals surface area contributed by atoms with Gasteiger partial charge in [0.15, 0.2) is 6.29 Å². The molecule has 3 aliphatic rings. The second kappa shape index (κ2) is 16.3. The molecule has 8 rings (SSSR count). The molecule has 0 aliphatic carbocycles. The number of hydrogen-bond donors (Lipinski definition) is 3. The number of para-hydroxylation sites is 1. The van der Waals surface area contributed by atoms with Gasteiger partial charge in [-0.3, -0.25) is 4.79 Å². The average molecular weight is 773 g/mol. The Labute approximate surface area is 329 Å². The second-order valence-electron chi connectivity index (χ2n) is 15.0. The van der Waals surface area contributed by atoms with Gasteiger partial charge in [0.25, 0.3) is 0 Å². The maximum absolute atomic E-state index is 13.3. The van der Waals surface area contributed by atoms with Gasteiger partial charge in [0.1, 0.15) is 5.54 Å². The fraction of sp³-hybridized carbons (Fsp3) is 0.311. The Morgan fingerprint density at radius 2 is 1.45 bits per heavy atom. The topological polar surface area (TPSA) is 120 Å². The third-order valence-electron chi connectivity index (χ3n) is 11.7. The lowest BCUT2D eigenvalue weighted by Crippen LogP contribution is -2.57. The van der Waals surface area contributed by atoms with E-state index in [0.29, 0.717) is 13.2 Å². The van der Waals surface area contributed by atoms with Crippen LogP contribution in [0.2, 0.25) is 0 Å². The van der Waals surface area contributed by atoms with Crippen LogP contribution in [-0.2, 0) is 37.4 Å². The number of carbonyl (C=O) groups is 1. The van der Waals surface area contributed by atoms with Crippen molar-refractivity contribution in [3.8, 4) is 11.1 Å². The minimum Gasteiger partial charge on any atom is -0.392 e. The fourth-order valence-corrected chi connectivity index (χ4v) is 9.38. The molecule has 11 heteroatoms. The Hall–Kier alpha value is -4.88. The van der Waals surface area contributed by atoms with E-state index in [1.54, 1.807) is 30.3 Å². The van der Waals surface area contributed by atoms with Crippen molar-refractivity contribution >= 4 is 21.6 Å². The Bertz CT molecular complexity index is 2210. The molecule has 3 N–H and O–H groups in total. The number of ether oxygens (including phenoxy) is 2. The summed E-state index contributed by atoms with van der Waals surface area (Å²) in [4.78, 5) is 18.2. The SMILES string of the molecule is C[C@H]1[C@@H](CN2CCC3(CC2)C(=O)NCN3c2ccccc2)O[C@@H](c2ccc(-c3ccccc3CNS(=O)(=O)c3ccccc3)cc2)O[C@H]1c1ccc(CO)cc1. The Balaban J connectivity index is 1.000. The third-order valence-corrected chi connectivity index (χ3v) is 13.1. The van der Waals surface area contributed by atoms with Crippen molar-refractivity contribution in [2.75, 3.05) is 31.2 Å². The number of hydrogen-bond acceptors (Lipinski definition) is 8. The van der Waals surface area contributed by atoms with Crippen molar-refractivity contribution in [2.24, 2.45) is 5.92 Å². The molecule has 0 bridgehead atoms. The van der Waals surface area contributed by atoms with Gasteiger partial charge in [-0.15, -0.1) is 0 Å². The molecule has 5 aromatic rings. The van der Waals surface area contributed by atoms with Crippen molar-refractivity contribution in [3.63, 3.8) is 0 Å². The van der Waals surface area contributed by atoms with Gasteiger partial charge in [0.05, 0.1) is 30.4 Å². The molecule has 290 valence electrons. The lowest BCUT2D eigenvalue weighted by molar-refractivity contribution is -0.276. The van der Waals surface area contributed by atoms with Crippen LogP contribution in [0, 0.1) is 5.92 Å². The van der Waals surface area contributed by atoms with Crippen molar-refractivity contribution in [1.82, 2.24) is 14.9 Å². The summed E-state index contributed by atoms with van der Waals surface area (Å²) in [6.07, 6.45) is 0.390. The number of nitrogens with zero attached hydrogens (tertiary/aromatic N) is 2. The molecule has 0 saturated carbocycles. The number of aliphatic hydroxyl groups excluding tert-OH is 1. The van der Waals surface area contributed by atoms with Crippen molar-refractivity contribution in [3.05, 3.63) is 156 Å². The van der Waals surface area contributed by atoms with E-state index >= 15 is 0 Å². The summed E-state index contributed by atoms with van der Waals surface area (Å²) in [5, 5.41) is 12.8. The summed E-state index contributed by atoms with van der Waals surface area (Å²) in [5.41, 5.74) is 5.97. The van der Waals surface area contributed by atoms with E-state index in [2.05, 4.69) is 38.9 Å². The molecule has 1 spiro atoms. The zero-order valence-electron chi connectivity index (χ0n) is 31.5. The van der Waals surface area contributed by atoms with Crippen molar-refractivity contribution in [2.45, 2.75) is 61.8 Å². The van der Waals surface area contributed by atoms with Gasteiger partial charge in [-0.2, -0.15) is 0 Å². The zero-order valence-corrected chi connectivity index (χ0v) is 32.3. The van der Waals surface area contributed by atoms with Crippen molar-refractivity contribution < 1.29 is 27.8 Å². The lowest BCUT2D eigenvalue weighted by Gasteiger charge is -2.46. The molecule has 56 heavy (non-hydrogen) atoms. The van der Waals surface area contributed by atoms with E-state index in [4.69, 9.17) is 9.47 Å². The highest BCUT2D eigenvalue weighted by molar-refractivity contribution is 7.89. The molecule has 0 aromatic heterocycles. The molecule has 5 aromatic carbocycles. The molecular formula is C45H48N4O6S. The number of nitrogens with one attached hydrogen (secondary N) is 2. The highest BCUT2D eigenvalue weighted by atomic mass is 32.2. The molecule has 10 nitrogen and oxygen atoms in total. The van der Waals surface area contributed by atoms with E-state index in [1.165, 1.54) is 0 Å². The Morgan fingerprint density at radius 3 is 2.14 bits per heavy atom. The van der Waals surface area contributed by atoms with E-state index in [1.807, 2.05) is 91.0 Å². The van der Waals surface area contributed by atoms with Gasteiger partial charge in [-0.05, 0) is 64.9 Å². The summed E-state index contributed by atoms with van der Waals surface area (Å²) in [7, 11) is -3.67. The third kappa shape index (κ3) is 7.75. The summed E-state index contributed by atoms with van der Waals surface area (Å²) in [5.74, 6) is 0.117. The van der Waals surface area contributed by atoms with Crippen LogP contribution in [0.3, 0.4) is 0 Å². The first kappa shape index (κ1) is 38.0. The van der Waals surface area contributed by atoms with E-state index < -0.39 is 21.9 Å². The van der Waals surface area contributed by atoms with E-state index in [9.17, 15) is 18.3 Å². The minimum absolute atomic E-state index is 0.0172. The number of amides is 1. The number of likely N-dealkylation sites (tertiary alicyclic amines) is 1. The number of carbonyl (C=O) groups excluding carboxylic acids is 1. The maximum Gasteiger partial charge on any atom is 0.247 e. The monoisotopic (exact) mass is 772 g/mol. The summed E-state index contributed by atoms with van der Waals surface area (Å²) >= 11 is 0. The average Bonchev–Trinajstić information content (AvgIpc) is 3.56. The smallest absolute Gasteiger partial charge is 0.247 e. The second-order valence-corrected chi connectivity index (χ2v) is 16.8. The number of anilines is 1. The highest BCUT2D eigenvalue weighted by Gasteiger charge is 2.51. The van der Waals surface area contributed by atoms with E-state index in [0.717, 1.165) is 65.0 Å². The van der Waals surface area contributed by atoms with Crippen LogP contribution < -0.4 is 14.9 Å². The predicted octanol–water partition coefficient (Wildman–Crippen LogP) is 6.54. The fourth-order valence-electron chi connectivity index (χ4n) is 8.35. The van der Waals surface area contributed by atoms with Gasteiger partial charge in [-0.25, -0.2) is 13.1 Å². The number of benzene rings is 5. The first-order valence-corrected chi connectivity index (χ1v) is 20.8. The molecule has 4 atom stereocenters. The molecule has 1 amide bonds. The number of piperidine rings is 1. The van der Waals surface area contributed by atoms with Gasteiger partial charge in [0, 0.05) is 43.3 Å². The number of rotatable bonds is 11. The first-order valence-electron chi connectivity index (χ1n) is 19.3. The standard InChI is InChI=1S/C45H48N4O6S/c1-32-41(29-48-26-24-45(25-27-48)44(51)46-31-49(45)38-11-4-2-5-12-38)54-43(55-42(32)35-18-16-33(30-50)17-19-35)36-22-20-34(21-23-36)40-15-9-8-10-37(40)28-47-56(52,53)39-13-6-3-7-14-39/h2-23,32,41-43,47,50H,24-31H2,1H3,(H,46,51)/t32-,41+,42+,43+/m0/s1. The summed E-state index contributed by atoms with van der Waals surface area (Å²) in [6.45, 7) is 5.02. The Kier molecular flexibility index (Phi) is 11.1. The highest BCUT2D eigenvalue weighted by Crippen LogP contribution is 2.43. The van der Waals surface area contributed by atoms with Gasteiger partial charge in [-0.1, -0.05) is 116 Å². The van der Waals surface area contributed by atoms with Crippen LogP contribution in [0.1, 0.15) is 54.4 Å². The summed E-state index contributed by atoms with van der Waals surface area (Å²) < 4.78 is 42.3. The van der Waals surface area contributed by atoms with Gasteiger partial charge in [0.2, 0.25) is 15.9 Å². The molecule has 0 unspecified atom stereocenters. The summed E-state index contributed by atoms with van der Waals surface area (Å²) in [6, 6.07) is 42.4. The first-order chi connectivity index (χ1) is 27.2. The maximum atomic E-state index is 13.3. The predicted molar refractivity (Wildman–Crippen MR) is 216 cm³/mol. The lowest BCUT2D eigenvalue weighted by atomic mass is 9.84. The van der Waals surface area contributed by atoms with E-state index in [-0.39, 0.29) is 42.1 Å². The van der Waals surface area contributed by atoms with Crippen LogP contribution in [0.15, 0.2) is 138 Å². The van der Waals surface area contributed by atoms with Crippen LogP contribution >= 0.6 is 0 Å². The molecule has 0 radical (unpaired) electrons. The molecule has 3 heterocycles. The largest absolute Gasteiger partial charge is 0.392 e. The van der Waals surface area contributed by atoms with Gasteiger partial charge < -0.3 is 29.7 Å². The van der Waals surface area contributed by atoms with Gasteiger partial charge >= 0.3 is 0 Å². The molecular weight excluding hydrogens is 725 g/mol. The number of aliphatic hydroxyl groups is 1. The zero-order chi connectivity index (χ0) is 38.7. The Morgan fingerprint density at radius 1 is 0.804 bits per heavy atom. The normalized spacial score (nSPS) is 22.6. The molecule has 3 saturated heterocycles. The molecule has 3 aliphatic heterocycles. The van der Waals surface area contributed by atoms with Crippen molar-refractivity contribution in [1.29, 1.82) is 0 Å². The number of sulfonamides is 1. The van der Waals surface area contributed by atoms with Crippen LogP contribution in [-0.4, -0.2) is 62.3 Å². The van der Waals surface area contributed by atoms with Crippen LogP contribution in [0.4, 0.5) is 5.69 Å². The van der Waals surface area contributed by atoms with Crippen LogP contribution in [0.5, 0.6) is 0 Å². The molecule has 3 fully saturated rings. The minimum atomic E-state index is -3.67. The quantitative estimate of drug-likeness (QED) is 0.139.